The largest absolute Gasteiger partial charge is 0.307 e. The highest BCUT2D eigenvalue weighted by molar-refractivity contribution is 14.1. The van der Waals surface area contributed by atoms with Gasteiger partial charge in [-0.1, -0.05) is 22.6 Å². The van der Waals surface area contributed by atoms with E-state index < -0.39 is 0 Å². The molecule has 0 rings (SSSR count). The molecular weight excluding hydrogens is 215 g/mol. The van der Waals surface area contributed by atoms with Gasteiger partial charge in [0.15, 0.2) is 0 Å². The minimum Gasteiger partial charge on any atom is -0.307 e. The van der Waals surface area contributed by atoms with Gasteiger partial charge in [-0.05, 0) is 11.0 Å². The van der Waals surface area contributed by atoms with Crippen LogP contribution in [0.25, 0.3) is 0 Å². The van der Waals surface area contributed by atoms with E-state index in [2.05, 4.69) is 27.6 Å². The number of hydrogen-bond acceptors (Lipinski definition) is 2. The van der Waals surface area contributed by atoms with Crippen molar-refractivity contribution in [1.82, 2.24) is 0 Å². The smallest absolute Gasteiger partial charge is 0.0548 e. The van der Waals surface area contributed by atoms with Crippen molar-refractivity contribution in [3.63, 3.8) is 0 Å². The van der Waals surface area contributed by atoms with Gasteiger partial charge in [-0.2, -0.15) is 0 Å². The first kappa shape index (κ1) is 7.81. The third-order valence-electron chi connectivity index (χ3n) is 0.543. The van der Waals surface area contributed by atoms with E-state index in [0.29, 0.717) is 0 Å². The highest BCUT2D eigenvalue weighted by Crippen LogP contribution is 1.84. The molecule has 8 heavy (non-hydrogen) atoms. The Labute approximate surface area is 62.4 Å². The fourth-order valence-electron chi connectivity index (χ4n) is 0.183. The molecule has 0 fully saturated rings. The molecule has 0 aliphatic carbocycles. The summed E-state index contributed by atoms with van der Waals surface area (Å²) in [5, 5.41) is 6.69. The van der Waals surface area contributed by atoms with Crippen LogP contribution in [0.3, 0.4) is 0 Å². The Bertz CT molecular complexity index is 126. The predicted molar refractivity (Wildman–Crippen MR) is 45.1 cm³/mol. The second kappa shape index (κ2) is 4.96. The molecule has 0 saturated carbocycles. The molecule has 0 aromatic rings. The van der Waals surface area contributed by atoms with Crippen LogP contribution in [0, 0.1) is 5.41 Å². The molecule has 0 radical (unpaired) electrons. The average Bonchev–Trinajstić information content (AvgIpc) is 1.83. The topological polar surface area (TPSA) is 36.2 Å². The van der Waals surface area contributed by atoms with E-state index in [0.717, 1.165) is 5.71 Å². The van der Waals surface area contributed by atoms with E-state index in [1.54, 1.807) is 17.2 Å². The summed E-state index contributed by atoms with van der Waals surface area (Å²) in [5.74, 6) is 0. The van der Waals surface area contributed by atoms with Gasteiger partial charge in [0, 0.05) is 12.4 Å². The van der Waals surface area contributed by atoms with Crippen LogP contribution < -0.4 is 0 Å². The summed E-state index contributed by atoms with van der Waals surface area (Å²) in [4.78, 5) is 3.85. The summed E-state index contributed by atoms with van der Waals surface area (Å²) in [6.07, 6.45) is 2.87. The first-order valence-electron chi connectivity index (χ1n) is 2.11. The Hall–Kier alpha value is -0.190. The van der Waals surface area contributed by atoms with E-state index in [4.69, 9.17) is 5.41 Å². The van der Waals surface area contributed by atoms with Gasteiger partial charge >= 0.3 is 0 Å². The van der Waals surface area contributed by atoms with E-state index >= 15 is 0 Å². The summed E-state index contributed by atoms with van der Waals surface area (Å²) >= 11 is 2.07. The van der Waals surface area contributed by atoms with E-state index in [1.807, 2.05) is 0 Å². The summed E-state index contributed by atoms with van der Waals surface area (Å²) in [5.41, 5.74) is 0.720. The van der Waals surface area contributed by atoms with Gasteiger partial charge in [0.1, 0.15) is 0 Å². The second-order valence-electron chi connectivity index (χ2n) is 1.19. The Morgan fingerprint density at radius 2 is 2.38 bits per heavy atom. The highest BCUT2D eigenvalue weighted by Gasteiger charge is 1.73. The van der Waals surface area contributed by atoms with Crippen LogP contribution in [0.4, 0.5) is 0 Å². The Balaban J connectivity index is 3.74. The Morgan fingerprint density at radius 3 is 2.75 bits per heavy atom. The minimum absolute atomic E-state index is 0.720. The SMILES string of the molecule is C/C(C=N)=N/C=C\I. The van der Waals surface area contributed by atoms with Crippen molar-refractivity contribution < 1.29 is 0 Å². The Morgan fingerprint density at radius 1 is 1.75 bits per heavy atom. The third-order valence-corrected chi connectivity index (χ3v) is 0.865. The van der Waals surface area contributed by atoms with E-state index in [-0.39, 0.29) is 0 Å². The number of aliphatic imine (C=N–C) groups is 1. The quantitative estimate of drug-likeness (QED) is 0.548. The standard InChI is InChI=1S/C5H7IN2/c1-5(4-7)8-3-2-6/h2-4,7H,1H3/b3-2-,7-4?,8-5-. The zero-order chi connectivity index (χ0) is 6.41. The lowest BCUT2D eigenvalue weighted by molar-refractivity contribution is 1.54. The van der Waals surface area contributed by atoms with Crippen LogP contribution in [0.15, 0.2) is 15.3 Å². The molecule has 44 valence electrons. The third kappa shape index (κ3) is 3.98. The van der Waals surface area contributed by atoms with Crippen molar-refractivity contribution in [3.05, 3.63) is 10.3 Å². The van der Waals surface area contributed by atoms with Gasteiger partial charge < -0.3 is 5.41 Å². The molecule has 3 heteroatoms. The first-order valence-corrected chi connectivity index (χ1v) is 3.36. The maximum Gasteiger partial charge on any atom is 0.0548 e. The maximum atomic E-state index is 6.69. The average molecular weight is 222 g/mol. The highest BCUT2D eigenvalue weighted by atomic mass is 127. The molecule has 0 atom stereocenters. The van der Waals surface area contributed by atoms with Gasteiger partial charge in [-0.3, -0.25) is 4.99 Å². The molecule has 0 saturated heterocycles. The molecule has 0 aromatic carbocycles. The monoisotopic (exact) mass is 222 g/mol. The molecule has 0 amide bonds. The molecule has 0 bridgehead atoms. The van der Waals surface area contributed by atoms with Crippen LogP contribution in [-0.2, 0) is 0 Å². The Kier molecular flexibility index (Phi) is 4.84. The molecule has 0 spiro atoms. The van der Waals surface area contributed by atoms with Gasteiger partial charge in [0.25, 0.3) is 0 Å². The van der Waals surface area contributed by atoms with Crippen molar-refractivity contribution in [2.24, 2.45) is 4.99 Å². The van der Waals surface area contributed by atoms with Crippen molar-refractivity contribution >= 4 is 34.5 Å². The van der Waals surface area contributed by atoms with Crippen LogP contribution in [0.1, 0.15) is 6.92 Å². The zero-order valence-corrected chi connectivity index (χ0v) is 6.71. The lowest BCUT2D eigenvalue weighted by Gasteiger charge is -1.79. The summed E-state index contributed by atoms with van der Waals surface area (Å²) in [7, 11) is 0. The van der Waals surface area contributed by atoms with E-state index in [1.165, 1.54) is 6.21 Å². The molecular formula is C5H7IN2. The number of halogens is 1. The fraction of sp³-hybridized carbons (Fsp3) is 0.200. The molecule has 2 nitrogen and oxygen atoms in total. The number of nitrogens with zero attached hydrogens (tertiary/aromatic N) is 1. The molecule has 0 unspecified atom stereocenters. The summed E-state index contributed by atoms with van der Waals surface area (Å²) in [6, 6.07) is 0. The second-order valence-corrected chi connectivity index (χ2v) is 1.91. The summed E-state index contributed by atoms with van der Waals surface area (Å²) in [6.45, 7) is 1.78. The van der Waals surface area contributed by atoms with Crippen LogP contribution in [0.2, 0.25) is 0 Å². The summed E-state index contributed by atoms with van der Waals surface area (Å²) < 4.78 is 1.80. The van der Waals surface area contributed by atoms with Crippen LogP contribution >= 0.6 is 22.6 Å². The molecule has 0 aliphatic rings. The lowest BCUT2D eigenvalue weighted by atomic mass is 10.5. The van der Waals surface area contributed by atoms with Gasteiger partial charge in [-0.15, -0.1) is 0 Å². The van der Waals surface area contributed by atoms with Crippen LogP contribution in [-0.4, -0.2) is 11.9 Å². The first-order chi connectivity index (χ1) is 3.81. The van der Waals surface area contributed by atoms with Crippen molar-refractivity contribution in [1.29, 1.82) is 5.41 Å². The van der Waals surface area contributed by atoms with Gasteiger partial charge in [-0.25, -0.2) is 0 Å². The molecule has 0 aromatic heterocycles. The van der Waals surface area contributed by atoms with Crippen molar-refractivity contribution in [2.45, 2.75) is 6.92 Å². The van der Waals surface area contributed by atoms with Gasteiger partial charge in [0.05, 0.1) is 5.71 Å². The van der Waals surface area contributed by atoms with Crippen LogP contribution in [0.5, 0.6) is 0 Å². The predicted octanol–water partition coefficient (Wildman–Crippen LogP) is 2.00. The number of hydrogen-bond donors (Lipinski definition) is 1. The fourth-order valence-corrected chi connectivity index (χ4v) is 0.344. The molecule has 0 heterocycles. The van der Waals surface area contributed by atoms with E-state index in [9.17, 15) is 0 Å². The molecule has 0 aliphatic heterocycles. The normalized spacial score (nSPS) is 12.5. The molecule has 1 N–H and O–H groups in total. The zero-order valence-electron chi connectivity index (χ0n) is 4.56. The van der Waals surface area contributed by atoms with Crippen molar-refractivity contribution in [2.75, 3.05) is 0 Å². The number of nitrogens with one attached hydrogen (secondary N) is 1. The number of rotatable bonds is 2. The maximum absolute atomic E-state index is 6.69. The van der Waals surface area contributed by atoms with Gasteiger partial charge in [0.2, 0.25) is 0 Å². The van der Waals surface area contributed by atoms with Crippen molar-refractivity contribution in [3.8, 4) is 0 Å². The minimum atomic E-state index is 0.720. The lowest BCUT2D eigenvalue weighted by Crippen LogP contribution is -1.87.